The molecule has 0 saturated carbocycles. The Morgan fingerprint density at radius 1 is 1.10 bits per heavy atom. The van der Waals surface area contributed by atoms with Crippen molar-refractivity contribution in [2.75, 3.05) is 0 Å². The van der Waals surface area contributed by atoms with Crippen molar-refractivity contribution < 1.29 is 9.13 Å². The lowest BCUT2D eigenvalue weighted by atomic mass is 9.95. The molecule has 0 fully saturated rings. The Labute approximate surface area is 122 Å². The quantitative estimate of drug-likeness (QED) is 0.591. The van der Waals surface area contributed by atoms with Gasteiger partial charge in [-0.15, -0.1) is 0 Å². The van der Waals surface area contributed by atoms with E-state index in [1.165, 1.54) is 10.8 Å². The maximum absolute atomic E-state index is 14.4. The number of benzene rings is 1. The summed E-state index contributed by atoms with van der Waals surface area (Å²) in [6.07, 6.45) is 4.10. The molecular formula is C16H23FOSi2. The van der Waals surface area contributed by atoms with E-state index in [4.69, 9.17) is 4.74 Å². The molecule has 0 amide bonds. The van der Waals surface area contributed by atoms with Gasteiger partial charge in [0.2, 0.25) is 0 Å². The van der Waals surface area contributed by atoms with Crippen LogP contribution in [-0.4, -0.2) is 16.1 Å². The highest BCUT2D eigenvalue weighted by Crippen LogP contribution is 2.54. The van der Waals surface area contributed by atoms with E-state index in [0.29, 0.717) is 0 Å². The summed E-state index contributed by atoms with van der Waals surface area (Å²) in [7, 11) is -3.21. The zero-order valence-electron chi connectivity index (χ0n) is 13.2. The second-order valence-electron chi connectivity index (χ2n) is 8.02. The van der Waals surface area contributed by atoms with Gasteiger partial charge in [-0.2, -0.15) is 0 Å². The van der Waals surface area contributed by atoms with Gasteiger partial charge in [0.15, 0.2) is 0 Å². The minimum Gasteiger partial charge on any atom is -0.358 e. The fraction of sp³-hybridized carbons (Fsp3) is 0.500. The third-order valence-electron chi connectivity index (χ3n) is 4.59. The summed E-state index contributed by atoms with van der Waals surface area (Å²) in [5.41, 5.74) is 2.00. The van der Waals surface area contributed by atoms with Gasteiger partial charge in [0.1, 0.15) is 17.1 Å². The molecule has 0 spiro atoms. The van der Waals surface area contributed by atoms with Gasteiger partial charge in [-0.3, -0.25) is 0 Å². The summed E-state index contributed by atoms with van der Waals surface area (Å²) in [4.78, 5) is 0. The van der Waals surface area contributed by atoms with Crippen LogP contribution in [0.2, 0.25) is 39.3 Å². The molecule has 3 rings (SSSR count). The van der Waals surface area contributed by atoms with Gasteiger partial charge in [0, 0.05) is 5.56 Å². The van der Waals surface area contributed by atoms with E-state index >= 15 is 0 Å². The minimum absolute atomic E-state index is 0.100. The Balaban J connectivity index is 2.36. The number of hydrogen-bond acceptors (Lipinski definition) is 1. The van der Waals surface area contributed by atoms with E-state index in [9.17, 15) is 4.39 Å². The average molecular weight is 307 g/mol. The van der Waals surface area contributed by atoms with Gasteiger partial charge in [-0.25, -0.2) is 4.39 Å². The normalized spacial score (nSPS) is 28.1. The van der Waals surface area contributed by atoms with Crippen LogP contribution in [0.25, 0.3) is 0 Å². The van der Waals surface area contributed by atoms with E-state index in [2.05, 4.69) is 51.4 Å². The first kappa shape index (κ1) is 14.2. The van der Waals surface area contributed by atoms with E-state index < -0.39 is 16.1 Å². The monoisotopic (exact) mass is 306 g/mol. The van der Waals surface area contributed by atoms with E-state index in [1.807, 2.05) is 6.07 Å². The van der Waals surface area contributed by atoms with Crippen molar-refractivity contribution in [2.45, 2.75) is 50.6 Å². The van der Waals surface area contributed by atoms with Crippen molar-refractivity contribution >= 4 is 21.3 Å². The molecule has 2 aliphatic heterocycles. The average Bonchev–Trinajstić information content (AvgIpc) is 2.84. The molecule has 0 aliphatic carbocycles. The predicted molar refractivity (Wildman–Crippen MR) is 87.4 cm³/mol. The van der Waals surface area contributed by atoms with Crippen LogP contribution in [0.5, 0.6) is 0 Å². The first-order chi connectivity index (χ1) is 9.08. The summed E-state index contributed by atoms with van der Waals surface area (Å²) in [6.45, 7) is 13.9. The van der Waals surface area contributed by atoms with Crippen molar-refractivity contribution in [1.82, 2.24) is 0 Å². The fourth-order valence-electron chi connectivity index (χ4n) is 3.50. The third-order valence-corrected chi connectivity index (χ3v) is 9.38. The molecule has 4 heteroatoms. The van der Waals surface area contributed by atoms with Crippen LogP contribution < -0.4 is 5.19 Å². The minimum atomic E-state index is -1.67. The van der Waals surface area contributed by atoms with Crippen LogP contribution >= 0.6 is 0 Å². The molecule has 20 heavy (non-hydrogen) atoms. The van der Waals surface area contributed by atoms with Crippen molar-refractivity contribution in [3.8, 4) is 0 Å². The highest BCUT2D eigenvalue weighted by Gasteiger charge is 2.57. The van der Waals surface area contributed by atoms with Crippen molar-refractivity contribution in [1.29, 1.82) is 0 Å². The van der Waals surface area contributed by atoms with Gasteiger partial charge in [-0.1, -0.05) is 62.7 Å². The summed E-state index contributed by atoms with van der Waals surface area (Å²) >= 11 is 0. The molecule has 2 atom stereocenters. The first-order valence-corrected chi connectivity index (χ1v) is 14.3. The van der Waals surface area contributed by atoms with Crippen molar-refractivity contribution in [2.24, 2.45) is 0 Å². The number of hydrogen-bond donors (Lipinski definition) is 0. The smallest absolute Gasteiger partial charge is 0.129 e. The molecule has 2 bridgehead atoms. The van der Waals surface area contributed by atoms with Crippen LogP contribution in [0.1, 0.15) is 17.2 Å². The summed E-state index contributed by atoms with van der Waals surface area (Å²) in [5, 5.41) is 1.04. The Morgan fingerprint density at radius 3 is 2.30 bits per heavy atom. The molecule has 2 aliphatic rings. The van der Waals surface area contributed by atoms with Gasteiger partial charge >= 0.3 is 0 Å². The van der Waals surface area contributed by atoms with E-state index in [1.54, 1.807) is 6.07 Å². The SMILES string of the molecule is C[Si](C)(C)c1ccc(F)c2c1C1([Si](C)(C)C)C=CC2O1. The van der Waals surface area contributed by atoms with Gasteiger partial charge in [-0.05, 0) is 11.6 Å². The molecular weight excluding hydrogens is 283 g/mol. The van der Waals surface area contributed by atoms with Crippen LogP contribution in [0.3, 0.4) is 0 Å². The Kier molecular flexibility index (Phi) is 2.80. The third kappa shape index (κ3) is 1.68. The van der Waals surface area contributed by atoms with Crippen LogP contribution in [-0.2, 0) is 9.96 Å². The topological polar surface area (TPSA) is 9.23 Å². The molecule has 1 nitrogen and oxygen atoms in total. The molecule has 0 aromatic heterocycles. The summed E-state index contributed by atoms with van der Waals surface area (Å²) in [5.74, 6) is -0.100. The van der Waals surface area contributed by atoms with Crippen LogP contribution in [0.15, 0.2) is 24.3 Å². The first-order valence-electron chi connectivity index (χ1n) is 7.28. The summed E-state index contributed by atoms with van der Waals surface area (Å²) < 4.78 is 20.7. The molecule has 0 N–H and O–H groups in total. The summed E-state index contributed by atoms with van der Waals surface area (Å²) in [6, 6.07) is 3.66. The van der Waals surface area contributed by atoms with Gasteiger partial charge in [0.25, 0.3) is 0 Å². The zero-order valence-corrected chi connectivity index (χ0v) is 15.2. The van der Waals surface area contributed by atoms with Crippen molar-refractivity contribution in [3.63, 3.8) is 0 Å². The van der Waals surface area contributed by atoms with E-state index in [-0.39, 0.29) is 17.1 Å². The van der Waals surface area contributed by atoms with Gasteiger partial charge in [0.05, 0.1) is 16.1 Å². The van der Waals surface area contributed by atoms with Gasteiger partial charge < -0.3 is 4.74 Å². The van der Waals surface area contributed by atoms with Crippen LogP contribution in [0.4, 0.5) is 4.39 Å². The Morgan fingerprint density at radius 2 is 1.75 bits per heavy atom. The number of rotatable bonds is 2. The number of halogens is 1. The molecule has 2 unspecified atom stereocenters. The highest BCUT2D eigenvalue weighted by molar-refractivity contribution is 6.89. The molecule has 0 radical (unpaired) electrons. The molecule has 108 valence electrons. The maximum Gasteiger partial charge on any atom is 0.129 e. The zero-order chi connectivity index (χ0) is 14.9. The Bertz CT molecular complexity index is 610. The lowest BCUT2D eigenvalue weighted by Gasteiger charge is -2.39. The molecule has 1 aromatic carbocycles. The lowest BCUT2D eigenvalue weighted by molar-refractivity contribution is 0.0481. The second-order valence-corrected chi connectivity index (χ2v) is 18.3. The lowest BCUT2D eigenvalue weighted by Crippen LogP contribution is -2.53. The fourth-order valence-corrected chi connectivity index (χ4v) is 7.37. The highest BCUT2D eigenvalue weighted by atomic mass is 28.3. The largest absolute Gasteiger partial charge is 0.358 e. The standard InChI is InChI=1S/C16H23FOSi2/c1-19(2,3)13-8-7-11(17)14-12-9-10-16(18-12,15(13)14)20(4,5)6/h7-10,12H,1-6H3. The number of ether oxygens (including phenoxy) is 1. The number of fused-ring (bicyclic) bond motifs is 5. The molecule has 1 aromatic rings. The molecule has 0 saturated heterocycles. The van der Waals surface area contributed by atoms with E-state index in [0.717, 1.165) is 5.56 Å². The van der Waals surface area contributed by atoms with Crippen LogP contribution in [0, 0.1) is 5.82 Å². The predicted octanol–water partition coefficient (Wildman–Crippen LogP) is 4.08. The molecule has 2 heterocycles. The maximum atomic E-state index is 14.4. The Hall–Kier alpha value is -0.716. The second kappa shape index (κ2) is 3.93. The van der Waals surface area contributed by atoms with Crippen molar-refractivity contribution in [3.05, 3.63) is 41.2 Å².